The maximum Gasteiger partial charge on any atom is 0.229 e. The monoisotopic (exact) mass is 264 g/mol. The maximum absolute atomic E-state index is 12.1. The van der Waals surface area contributed by atoms with E-state index in [1.54, 1.807) is 22.6 Å². The molecule has 0 aliphatic heterocycles. The highest BCUT2D eigenvalue weighted by Gasteiger charge is 2.19. The summed E-state index contributed by atoms with van der Waals surface area (Å²) in [5.41, 5.74) is 1.43. The summed E-state index contributed by atoms with van der Waals surface area (Å²) in [6.07, 6.45) is 2.35. The number of carbonyl (C=O) groups excluding carboxylic acids is 2. The fraction of sp³-hybridized carbons (Fsp3) is 0.600. The van der Waals surface area contributed by atoms with E-state index < -0.39 is 0 Å². The van der Waals surface area contributed by atoms with E-state index in [4.69, 9.17) is 0 Å². The van der Waals surface area contributed by atoms with Crippen molar-refractivity contribution >= 4 is 17.4 Å². The van der Waals surface area contributed by atoms with E-state index in [2.05, 4.69) is 0 Å². The SMILES string of the molecule is CC(C)CC(=O)c1cc(N(C)C(=O)C(C)C)cn1C. The Hall–Kier alpha value is -1.58. The van der Waals surface area contributed by atoms with Gasteiger partial charge in [0.1, 0.15) is 0 Å². The lowest BCUT2D eigenvalue weighted by Crippen LogP contribution is -2.29. The minimum Gasteiger partial charge on any atom is -0.346 e. The first-order chi connectivity index (χ1) is 8.73. The molecule has 0 radical (unpaired) electrons. The van der Waals surface area contributed by atoms with Crippen LogP contribution in [0, 0.1) is 11.8 Å². The van der Waals surface area contributed by atoms with Gasteiger partial charge in [-0.15, -0.1) is 0 Å². The van der Waals surface area contributed by atoms with Crippen LogP contribution in [0.25, 0.3) is 0 Å². The smallest absolute Gasteiger partial charge is 0.229 e. The largest absolute Gasteiger partial charge is 0.346 e. The molecule has 0 saturated heterocycles. The number of nitrogens with zero attached hydrogens (tertiary/aromatic N) is 2. The molecule has 0 aromatic carbocycles. The standard InChI is InChI=1S/C15H24N2O2/c1-10(2)7-14(18)13-8-12(9-16(13)5)17(6)15(19)11(3)4/h8-11H,7H2,1-6H3. The second kappa shape index (κ2) is 6.04. The summed E-state index contributed by atoms with van der Waals surface area (Å²) in [5, 5.41) is 0. The molecule has 1 rings (SSSR count). The Labute approximate surface area is 115 Å². The number of Topliss-reactive ketones (excluding diaryl/α,β-unsaturated/α-hetero) is 1. The van der Waals surface area contributed by atoms with Gasteiger partial charge >= 0.3 is 0 Å². The normalized spacial score (nSPS) is 11.2. The molecule has 0 fully saturated rings. The van der Waals surface area contributed by atoms with Gasteiger partial charge in [0.25, 0.3) is 0 Å². The van der Waals surface area contributed by atoms with Crippen LogP contribution in [0.15, 0.2) is 12.3 Å². The molecule has 1 heterocycles. The van der Waals surface area contributed by atoms with Crippen LogP contribution in [-0.4, -0.2) is 23.3 Å². The molecule has 0 spiro atoms. The Morgan fingerprint density at radius 1 is 1.26 bits per heavy atom. The Morgan fingerprint density at radius 2 is 1.84 bits per heavy atom. The van der Waals surface area contributed by atoms with Crippen LogP contribution in [0.4, 0.5) is 5.69 Å². The van der Waals surface area contributed by atoms with Gasteiger partial charge in [0, 0.05) is 32.6 Å². The average Bonchev–Trinajstić information content (AvgIpc) is 2.68. The molecule has 19 heavy (non-hydrogen) atoms. The highest BCUT2D eigenvalue weighted by Crippen LogP contribution is 2.20. The zero-order chi connectivity index (χ0) is 14.7. The number of rotatable bonds is 5. The van der Waals surface area contributed by atoms with Crippen LogP contribution >= 0.6 is 0 Å². The number of ketones is 1. The summed E-state index contributed by atoms with van der Waals surface area (Å²) in [5.74, 6) is 0.448. The van der Waals surface area contributed by atoms with Crippen LogP contribution in [0.2, 0.25) is 0 Å². The predicted molar refractivity (Wildman–Crippen MR) is 77.4 cm³/mol. The topological polar surface area (TPSA) is 42.3 Å². The van der Waals surface area contributed by atoms with Gasteiger partial charge in [0.15, 0.2) is 5.78 Å². The van der Waals surface area contributed by atoms with Crippen molar-refractivity contribution < 1.29 is 9.59 Å². The third-order valence-corrected chi connectivity index (χ3v) is 3.08. The minimum atomic E-state index is -0.0555. The zero-order valence-corrected chi connectivity index (χ0v) is 12.7. The fourth-order valence-electron chi connectivity index (χ4n) is 2.00. The molecule has 106 valence electrons. The van der Waals surface area contributed by atoms with Crippen molar-refractivity contribution in [2.45, 2.75) is 34.1 Å². The lowest BCUT2D eigenvalue weighted by molar-refractivity contribution is -0.121. The number of hydrogen-bond acceptors (Lipinski definition) is 2. The van der Waals surface area contributed by atoms with E-state index in [9.17, 15) is 9.59 Å². The molecule has 0 bridgehead atoms. The number of aromatic nitrogens is 1. The van der Waals surface area contributed by atoms with Crippen LogP contribution in [-0.2, 0) is 11.8 Å². The van der Waals surface area contributed by atoms with Crippen molar-refractivity contribution in [1.29, 1.82) is 0 Å². The van der Waals surface area contributed by atoms with Gasteiger partial charge in [-0.25, -0.2) is 0 Å². The summed E-state index contributed by atoms with van der Waals surface area (Å²) in [7, 11) is 3.58. The highest BCUT2D eigenvalue weighted by molar-refractivity contribution is 5.99. The van der Waals surface area contributed by atoms with Crippen LogP contribution in [0.5, 0.6) is 0 Å². The van der Waals surface area contributed by atoms with E-state index in [0.717, 1.165) is 5.69 Å². The van der Waals surface area contributed by atoms with Crippen molar-refractivity contribution in [3.05, 3.63) is 18.0 Å². The average molecular weight is 264 g/mol. The molecule has 0 unspecified atom stereocenters. The van der Waals surface area contributed by atoms with E-state index in [0.29, 0.717) is 18.0 Å². The zero-order valence-electron chi connectivity index (χ0n) is 12.7. The fourth-order valence-corrected chi connectivity index (χ4v) is 2.00. The molecular weight excluding hydrogens is 240 g/mol. The second-order valence-corrected chi connectivity index (χ2v) is 5.77. The molecule has 1 aromatic heterocycles. The number of anilines is 1. The molecule has 4 nitrogen and oxygen atoms in total. The summed E-state index contributed by atoms with van der Waals surface area (Å²) >= 11 is 0. The maximum atomic E-state index is 12.1. The highest BCUT2D eigenvalue weighted by atomic mass is 16.2. The third-order valence-electron chi connectivity index (χ3n) is 3.08. The van der Waals surface area contributed by atoms with Crippen molar-refractivity contribution in [2.75, 3.05) is 11.9 Å². The summed E-state index contributed by atoms with van der Waals surface area (Å²) < 4.78 is 1.80. The number of hydrogen-bond donors (Lipinski definition) is 0. The van der Waals surface area contributed by atoms with E-state index in [1.807, 2.05) is 40.9 Å². The number of carbonyl (C=O) groups is 2. The van der Waals surface area contributed by atoms with E-state index in [-0.39, 0.29) is 17.6 Å². The van der Waals surface area contributed by atoms with Gasteiger partial charge < -0.3 is 9.47 Å². The first kappa shape index (κ1) is 15.5. The molecule has 0 aliphatic rings. The second-order valence-electron chi connectivity index (χ2n) is 5.77. The molecule has 0 N–H and O–H groups in total. The van der Waals surface area contributed by atoms with Crippen molar-refractivity contribution in [3.8, 4) is 0 Å². The van der Waals surface area contributed by atoms with Gasteiger partial charge in [-0.05, 0) is 12.0 Å². The minimum absolute atomic E-state index is 0.0495. The van der Waals surface area contributed by atoms with Gasteiger partial charge in [-0.3, -0.25) is 9.59 Å². The molecule has 0 saturated carbocycles. The Balaban J connectivity index is 2.96. The molecule has 1 amide bonds. The summed E-state index contributed by atoms with van der Waals surface area (Å²) in [6, 6.07) is 1.80. The van der Waals surface area contributed by atoms with Crippen molar-refractivity contribution in [2.24, 2.45) is 18.9 Å². The van der Waals surface area contributed by atoms with Crippen LogP contribution in [0.3, 0.4) is 0 Å². The molecule has 4 heteroatoms. The van der Waals surface area contributed by atoms with Crippen molar-refractivity contribution in [1.82, 2.24) is 4.57 Å². The Bertz CT molecular complexity index is 472. The lowest BCUT2D eigenvalue weighted by atomic mass is 10.1. The quantitative estimate of drug-likeness (QED) is 0.767. The lowest BCUT2D eigenvalue weighted by Gasteiger charge is -2.17. The van der Waals surface area contributed by atoms with Gasteiger partial charge in [0.2, 0.25) is 5.91 Å². The first-order valence-electron chi connectivity index (χ1n) is 6.71. The van der Waals surface area contributed by atoms with Crippen LogP contribution < -0.4 is 4.90 Å². The number of aryl methyl sites for hydroxylation is 1. The number of amides is 1. The van der Waals surface area contributed by atoms with E-state index in [1.165, 1.54) is 0 Å². The van der Waals surface area contributed by atoms with Gasteiger partial charge in [-0.1, -0.05) is 27.7 Å². The first-order valence-corrected chi connectivity index (χ1v) is 6.71. The molecule has 1 aromatic rings. The Kier molecular flexibility index (Phi) is 4.92. The summed E-state index contributed by atoms with van der Waals surface area (Å²) in [6.45, 7) is 7.78. The van der Waals surface area contributed by atoms with E-state index >= 15 is 0 Å². The molecular formula is C15H24N2O2. The molecule has 0 aliphatic carbocycles. The third kappa shape index (κ3) is 3.69. The van der Waals surface area contributed by atoms with Gasteiger partial charge in [0.05, 0.1) is 11.4 Å². The predicted octanol–water partition coefficient (Wildman–Crippen LogP) is 2.87. The Morgan fingerprint density at radius 3 is 2.32 bits per heavy atom. The summed E-state index contributed by atoms with van der Waals surface area (Å²) in [4.78, 5) is 25.6. The van der Waals surface area contributed by atoms with Gasteiger partial charge in [-0.2, -0.15) is 0 Å². The van der Waals surface area contributed by atoms with Crippen LogP contribution in [0.1, 0.15) is 44.6 Å². The van der Waals surface area contributed by atoms with Crippen molar-refractivity contribution in [3.63, 3.8) is 0 Å². The molecule has 0 atom stereocenters.